The van der Waals surface area contributed by atoms with Crippen LogP contribution in [0, 0.1) is 0 Å². The van der Waals surface area contributed by atoms with E-state index in [1.54, 1.807) is 13.3 Å². The molecule has 0 saturated heterocycles. The number of nitrogens with zero attached hydrogens (tertiary/aromatic N) is 1. The van der Waals surface area contributed by atoms with Crippen molar-refractivity contribution < 1.29 is 4.42 Å². The van der Waals surface area contributed by atoms with E-state index < -0.39 is 0 Å². The molecular weight excluding hydrogens is 140 g/mol. The van der Waals surface area contributed by atoms with E-state index in [-0.39, 0.29) is 0 Å². The van der Waals surface area contributed by atoms with E-state index in [0.717, 1.165) is 12.1 Å². The molecular formula is C8H14N2O. The first-order valence-electron chi connectivity index (χ1n) is 3.99. The average molecular weight is 154 g/mol. The molecule has 1 heterocycles. The molecule has 0 unspecified atom stereocenters. The van der Waals surface area contributed by atoms with Crippen molar-refractivity contribution >= 4 is 6.01 Å². The Balaban J connectivity index is 2.44. The summed E-state index contributed by atoms with van der Waals surface area (Å²) in [4.78, 5) is 4.19. The van der Waals surface area contributed by atoms with Crippen molar-refractivity contribution in [2.24, 2.45) is 0 Å². The SMILES string of the molecule is CCCCc1coc(NC)n1. The van der Waals surface area contributed by atoms with Crippen LogP contribution in [0.5, 0.6) is 0 Å². The molecule has 1 aromatic rings. The van der Waals surface area contributed by atoms with Gasteiger partial charge < -0.3 is 9.73 Å². The summed E-state index contributed by atoms with van der Waals surface area (Å²) in [5, 5.41) is 2.85. The number of aryl methyl sites for hydroxylation is 1. The lowest BCUT2D eigenvalue weighted by atomic mass is 10.2. The fourth-order valence-electron chi connectivity index (χ4n) is 0.895. The third-order valence-corrected chi connectivity index (χ3v) is 1.55. The quantitative estimate of drug-likeness (QED) is 0.721. The van der Waals surface area contributed by atoms with Gasteiger partial charge in [-0.2, -0.15) is 4.98 Å². The van der Waals surface area contributed by atoms with E-state index in [4.69, 9.17) is 4.42 Å². The lowest BCUT2D eigenvalue weighted by Crippen LogP contribution is -1.89. The summed E-state index contributed by atoms with van der Waals surface area (Å²) in [5.41, 5.74) is 1.04. The molecule has 0 aromatic carbocycles. The first-order valence-corrected chi connectivity index (χ1v) is 3.99. The number of unbranched alkanes of at least 4 members (excludes halogenated alkanes) is 1. The molecule has 0 aliphatic carbocycles. The standard InChI is InChI=1S/C8H14N2O/c1-3-4-5-7-6-11-8(9-2)10-7/h6H,3-5H2,1-2H3,(H,9,10). The summed E-state index contributed by atoms with van der Waals surface area (Å²) in [6.07, 6.45) is 5.10. The summed E-state index contributed by atoms with van der Waals surface area (Å²) >= 11 is 0. The molecule has 1 N–H and O–H groups in total. The molecule has 62 valence electrons. The van der Waals surface area contributed by atoms with Gasteiger partial charge in [-0.3, -0.25) is 0 Å². The second kappa shape index (κ2) is 4.01. The van der Waals surface area contributed by atoms with Gasteiger partial charge in [0, 0.05) is 7.05 Å². The minimum Gasteiger partial charge on any atom is -0.432 e. The Morgan fingerprint density at radius 2 is 2.45 bits per heavy atom. The molecule has 0 aliphatic heterocycles. The molecule has 0 radical (unpaired) electrons. The van der Waals surface area contributed by atoms with E-state index in [0.29, 0.717) is 6.01 Å². The molecule has 3 nitrogen and oxygen atoms in total. The molecule has 1 aromatic heterocycles. The second-order valence-corrected chi connectivity index (χ2v) is 2.50. The van der Waals surface area contributed by atoms with E-state index in [1.807, 2.05) is 0 Å². The fourth-order valence-corrected chi connectivity index (χ4v) is 0.895. The maximum absolute atomic E-state index is 5.09. The molecule has 0 atom stereocenters. The zero-order valence-corrected chi connectivity index (χ0v) is 7.05. The van der Waals surface area contributed by atoms with Gasteiger partial charge in [0.05, 0.1) is 5.69 Å². The Hall–Kier alpha value is -0.990. The zero-order valence-electron chi connectivity index (χ0n) is 7.05. The number of oxazole rings is 1. The van der Waals surface area contributed by atoms with Crippen molar-refractivity contribution in [3.8, 4) is 0 Å². The van der Waals surface area contributed by atoms with Crippen LogP contribution in [0.15, 0.2) is 10.7 Å². The first-order chi connectivity index (χ1) is 5.36. The summed E-state index contributed by atoms with van der Waals surface area (Å²) in [6.45, 7) is 2.17. The van der Waals surface area contributed by atoms with Gasteiger partial charge in [-0.1, -0.05) is 13.3 Å². The smallest absolute Gasteiger partial charge is 0.294 e. The molecule has 0 spiro atoms. The zero-order chi connectivity index (χ0) is 8.10. The molecule has 3 heteroatoms. The van der Waals surface area contributed by atoms with E-state index in [9.17, 15) is 0 Å². The van der Waals surface area contributed by atoms with Crippen LogP contribution in [-0.2, 0) is 6.42 Å². The topological polar surface area (TPSA) is 38.1 Å². The number of aromatic nitrogens is 1. The molecule has 0 saturated carbocycles. The minimum atomic E-state index is 0.608. The van der Waals surface area contributed by atoms with Gasteiger partial charge in [0.25, 0.3) is 6.01 Å². The third kappa shape index (κ3) is 2.26. The van der Waals surface area contributed by atoms with E-state index >= 15 is 0 Å². The number of nitrogens with one attached hydrogen (secondary N) is 1. The predicted molar refractivity (Wildman–Crippen MR) is 44.7 cm³/mol. The number of hydrogen-bond acceptors (Lipinski definition) is 3. The van der Waals surface area contributed by atoms with Crippen molar-refractivity contribution in [1.82, 2.24) is 4.98 Å². The highest BCUT2D eigenvalue weighted by Gasteiger charge is 1.99. The molecule has 0 amide bonds. The van der Waals surface area contributed by atoms with Crippen molar-refractivity contribution in [1.29, 1.82) is 0 Å². The van der Waals surface area contributed by atoms with Crippen LogP contribution < -0.4 is 5.32 Å². The number of hydrogen-bond donors (Lipinski definition) is 1. The van der Waals surface area contributed by atoms with Crippen molar-refractivity contribution in [3.05, 3.63) is 12.0 Å². The van der Waals surface area contributed by atoms with Crippen LogP contribution in [0.2, 0.25) is 0 Å². The molecule has 0 bridgehead atoms. The second-order valence-electron chi connectivity index (χ2n) is 2.50. The van der Waals surface area contributed by atoms with Gasteiger partial charge in [-0.25, -0.2) is 0 Å². The summed E-state index contributed by atoms with van der Waals surface area (Å²) in [5.74, 6) is 0. The van der Waals surface area contributed by atoms with Crippen LogP contribution in [0.1, 0.15) is 25.5 Å². The molecule has 0 aliphatic rings. The Bertz CT molecular complexity index is 208. The normalized spacial score (nSPS) is 10.0. The van der Waals surface area contributed by atoms with E-state index in [1.165, 1.54) is 12.8 Å². The largest absolute Gasteiger partial charge is 0.432 e. The molecule has 1 rings (SSSR count). The van der Waals surface area contributed by atoms with Crippen LogP contribution in [-0.4, -0.2) is 12.0 Å². The van der Waals surface area contributed by atoms with Crippen molar-refractivity contribution in [2.75, 3.05) is 12.4 Å². The number of anilines is 1. The van der Waals surface area contributed by atoms with Crippen molar-refractivity contribution in [3.63, 3.8) is 0 Å². The summed E-state index contributed by atoms with van der Waals surface area (Å²) in [6, 6.07) is 0.608. The highest BCUT2D eigenvalue weighted by molar-refractivity contribution is 5.19. The van der Waals surface area contributed by atoms with Crippen molar-refractivity contribution in [2.45, 2.75) is 26.2 Å². The summed E-state index contributed by atoms with van der Waals surface area (Å²) < 4.78 is 5.09. The Kier molecular flexibility index (Phi) is 2.95. The third-order valence-electron chi connectivity index (χ3n) is 1.55. The van der Waals surface area contributed by atoms with Gasteiger partial charge >= 0.3 is 0 Å². The van der Waals surface area contributed by atoms with Crippen LogP contribution in [0.4, 0.5) is 6.01 Å². The van der Waals surface area contributed by atoms with Gasteiger partial charge in [0.2, 0.25) is 0 Å². The lowest BCUT2D eigenvalue weighted by molar-refractivity contribution is 0.573. The maximum Gasteiger partial charge on any atom is 0.294 e. The Morgan fingerprint density at radius 1 is 1.64 bits per heavy atom. The minimum absolute atomic E-state index is 0.608. The fraction of sp³-hybridized carbons (Fsp3) is 0.625. The molecule has 0 fully saturated rings. The number of rotatable bonds is 4. The van der Waals surface area contributed by atoms with Gasteiger partial charge in [-0.05, 0) is 12.8 Å². The molecule has 11 heavy (non-hydrogen) atoms. The Labute approximate surface area is 66.8 Å². The van der Waals surface area contributed by atoms with Gasteiger partial charge in [0.1, 0.15) is 6.26 Å². The Morgan fingerprint density at radius 3 is 3.00 bits per heavy atom. The maximum atomic E-state index is 5.09. The van der Waals surface area contributed by atoms with Gasteiger partial charge in [-0.15, -0.1) is 0 Å². The monoisotopic (exact) mass is 154 g/mol. The van der Waals surface area contributed by atoms with Crippen LogP contribution in [0.25, 0.3) is 0 Å². The summed E-state index contributed by atoms with van der Waals surface area (Å²) in [7, 11) is 1.80. The van der Waals surface area contributed by atoms with Crippen LogP contribution >= 0.6 is 0 Å². The average Bonchev–Trinajstić information content (AvgIpc) is 2.48. The lowest BCUT2D eigenvalue weighted by Gasteiger charge is -1.89. The predicted octanol–water partition coefficient (Wildman–Crippen LogP) is 2.06. The van der Waals surface area contributed by atoms with Gasteiger partial charge in [0.15, 0.2) is 0 Å². The van der Waals surface area contributed by atoms with Crippen LogP contribution in [0.3, 0.4) is 0 Å². The highest BCUT2D eigenvalue weighted by atomic mass is 16.4. The van der Waals surface area contributed by atoms with E-state index in [2.05, 4.69) is 17.2 Å². The highest BCUT2D eigenvalue weighted by Crippen LogP contribution is 2.08. The first kappa shape index (κ1) is 8.11.